The second-order valence-electron chi connectivity index (χ2n) is 10.1. The topological polar surface area (TPSA) is 103 Å². The van der Waals surface area contributed by atoms with E-state index in [1.165, 1.54) is 6.08 Å². The number of hydrogen-bond donors (Lipinski definition) is 0. The van der Waals surface area contributed by atoms with Crippen LogP contribution in [0.2, 0.25) is 0 Å². The summed E-state index contributed by atoms with van der Waals surface area (Å²) < 4.78 is 2.81. The van der Waals surface area contributed by atoms with Crippen molar-refractivity contribution >= 4 is 50.2 Å². The highest BCUT2D eigenvalue weighted by Crippen LogP contribution is 2.31. The number of halogens is 1. The standard InChI is InChI=1S/C29H29BrN6O3/c1-3-27(38)35-16-21(17-35)12-23(37)18-36-19(2)28(24-13-22(30)5-6-25(24)36)29(39)34-10-8-33(9-11-34)26-7-4-20(14-31)15-32-26/h3-7,13,15,21H,1,8-12,16-18H2,2H3. The zero-order valence-electron chi connectivity index (χ0n) is 21.8. The van der Waals surface area contributed by atoms with Gasteiger partial charge in [0.25, 0.3) is 5.91 Å². The predicted octanol–water partition coefficient (Wildman–Crippen LogP) is 3.54. The maximum Gasteiger partial charge on any atom is 0.256 e. The Morgan fingerprint density at radius 3 is 2.51 bits per heavy atom. The van der Waals surface area contributed by atoms with Crippen molar-refractivity contribution in [2.75, 3.05) is 44.2 Å². The first-order valence-electron chi connectivity index (χ1n) is 12.9. The number of nitrogens with zero attached hydrogens (tertiary/aromatic N) is 6. The van der Waals surface area contributed by atoms with Gasteiger partial charge in [0.05, 0.1) is 17.7 Å². The van der Waals surface area contributed by atoms with Gasteiger partial charge in [0, 0.05) is 78.9 Å². The van der Waals surface area contributed by atoms with Gasteiger partial charge >= 0.3 is 0 Å². The number of rotatable bonds is 7. The van der Waals surface area contributed by atoms with Crippen molar-refractivity contribution in [3.63, 3.8) is 0 Å². The third-order valence-corrected chi connectivity index (χ3v) is 8.05. The Hall–Kier alpha value is -3.97. The lowest BCUT2D eigenvalue weighted by molar-refractivity contribution is -0.134. The average Bonchev–Trinajstić information content (AvgIpc) is 3.19. The van der Waals surface area contributed by atoms with Gasteiger partial charge in [0.1, 0.15) is 11.9 Å². The van der Waals surface area contributed by atoms with Crippen LogP contribution in [0.4, 0.5) is 5.82 Å². The minimum absolute atomic E-state index is 0.0493. The van der Waals surface area contributed by atoms with Crippen LogP contribution in [0.15, 0.2) is 53.7 Å². The van der Waals surface area contributed by atoms with Crippen molar-refractivity contribution in [3.8, 4) is 6.07 Å². The number of carbonyl (C=O) groups is 3. The normalized spacial score (nSPS) is 15.7. The predicted molar refractivity (Wildman–Crippen MR) is 151 cm³/mol. The van der Waals surface area contributed by atoms with Crippen molar-refractivity contribution < 1.29 is 14.4 Å². The molecule has 2 aliphatic heterocycles. The molecule has 0 N–H and O–H groups in total. The SMILES string of the molecule is C=CC(=O)N1CC(CC(=O)Cn2c(C)c(C(=O)N3CCN(c4ccc(C#N)cn4)CC3)c3cc(Br)ccc32)C1. The molecule has 0 spiro atoms. The molecule has 2 aromatic heterocycles. The van der Waals surface area contributed by atoms with Gasteiger partial charge in [-0.2, -0.15) is 5.26 Å². The van der Waals surface area contributed by atoms with E-state index in [0.717, 1.165) is 26.9 Å². The van der Waals surface area contributed by atoms with E-state index in [4.69, 9.17) is 5.26 Å². The van der Waals surface area contributed by atoms with E-state index in [1.54, 1.807) is 17.2 Å². The smallest absolute Gasteiger partial charge is 0.256 e. The van der Waals surface area contributed by atoms with Gasteiger partial charge in [0.2, 0.25) is 5.91 Å². The summed E-state index contributed by atoms with van der Waals surface area (Å²) in [6, 6.07) is 11.5. The summed E-state index contributed by atoms with van der Waals surface area (Å²) in [5, 5.41) is 9.83. The van der Waals surface area contributed by atoms with Gasteiger partial charge in [-0.05, 0) is 43.3 Å². The monoisotopic (exact) mass is 588 g/mol. The molecule has 1 aromatic carbocycles. The van der Waals surface area contributed by atoms with Gasteiger partial charge in [0.15, 0.2) is 5.78 Å². The lowest BCUT2D eigenvalue weighted by Gasteiger charge is -2.38. The lowest BCUT2D eigenvalue weighted by Crippen LogP contribution is -2.50. The zero-order chi connectivity index (χ0) is 27.7. The van der Waals surface area contributed by atoms with Crippen molar-refractivity contribution in [1.82, 2.24) is 19.4 Å². The summed E-state index contributed by atoms with van der Waals surface area (Å²) in [6.45, 7) is 9.10. The molecule has 2 amide bonds. The lowest BCUT2D eigenvalue weighted by atomic mass is 9.94. The highest BCUT2D eigenvalue weighted by atomic mass is 79.9. The highest BCUT2D eigenvalue weighted by molar-refractivity contribution is 9.10. The molecule has 0 bridgehead atoms. The molecule has 10 heteroatoms. The summed E-state index contributed by atoms with van der Waals surface area (Å²) in [4.78, 5) is 48.6. The molecule has 4 heterocycles. The Kier molecular flexibility index (Phi) is 7.53. The Morgan fingerprint density at radius 1 is 1.13 bits per heavy atom. The first-order valence-corrected chi connectivity index (χ1v) is 13.7. The van der Waals surface area contributed by atoms with Crippen LogP contribution < -0.4 is 4.90 Å². The number of carbonyl (C=O) groups excluding carboxylic acids is 3. The Balaban J connectivity index is 1.31. The van der Waals surface area contributed by atoms with Gasteiger partial charge in [-0.25, -0.2) is 4.98 Å². The highest BCUT2D eigenvalue weighted by Gasteiger charge is 2.32. The average molecular weight is 589 g/mol. The van der Waals surface area contributed by atoms with Crippen LogP contribution in [-0.4, -0.2) is 76.2 Å². The van der Waals surface area contributed by atoms with Crippen LogP contribution >= 0.6 is 15.9 Å². The van der Waals surface area contributed by atoms with Crippen LogP contribution in [0.3, 0.4) is 0 Å². The van der Waals surface area contributed by atoms with E-state index in [1.807, 2.05) is 40.7 Å². The van der Waals surface area contributed by atoms with Crippen LogP contribution in [-0.2, 0) is 16.1 Å². The maximum absolute atomic E-state index is 13.8. The number of benzene rings is 1. The molecule has 2 aliphatic rings. The number of aromatic nitrogens is 2. The van der Waals surface area contributed by atoms with Crippen LogP contribution in [0, 0.1) is 24.2 Å². The fraction of sp³-hybridized carbons (Fsp3) is 0.345. The molecule has 0 aliphatic carbocycles. The summed E-state index contributed by atoms with van der Waals surface area (Å²) in [5.74, 6) is 0.872. The number of anilines is 1. The molecule has 9 nitrogen and oxygen atoms in total. The molecule has 2 saturated heterocycles. The Labute approximate surface area is 235 Å². The van der Waals surface area contributed by atoms with Crippen LogP contribution in [0.25, 0.3) is 10.9 Å². The summed E-state index contributed by atoms with van der Waals surface area (Å²) in [5.41, 5.74) is 2.76. The van der Waals surface area contributed by atoms with Crippen molar-refractivity contribution in [2.24, 2.45) is 5.92 Å². The Morgan fingerprint density at radius 2 is 1.87 bits per heavy atom. The molecule has 0 radical (unpaired) electrons. The zero-order valence-corrected chi connectivity index (χ0v) is 23.4. The first kappa shape index (κ1) is 26.6. The van der Waals surface area contributed by atoms with E-state index in [2.05, 4.69) is 38.5 Å². The second kappa shape index (κ2) is 11.0. The molecular formula is C29H29BrN6O3. The number of nitriles is 1. The van der Waals surface area contributed by atoms with Crippen LogP contribution in [0.5, 0.6) is 0 Å². The number of fused-ring (bicyclic) bond motifs is 1. The second-order valence-corrected chi connectivity index (χ2v) is 11.0. The minimum atomic E-state index is -0.103. The molecule has 0 saturated carbocycles. The fourth-order valence-electron chi connectivity index (χ4n) is 5.44. The van der Waals surface area contributed by atoms with E-state index in [9.17, 15) is 14.4 Å². The molecule has 200 valence electrons. The molecule has 5 rings (SSSR count). The third kappa shape index (κ3) is 5.32. The molecule has 0 atom stereocenters. The van der Waals surface area contributed by atoms with Crippen molar-refractivity contribution in [3.05, 3.63) is 70.5 Å². The van der Waals surface area contributed by atoms with E-state index in [-0.39, 0.29) is 30.1 Å². The van der Waals surface area contributed by atoms with E-state index in [0.29, 0.717) is 56.8 Å². The first-order chi connectivity index (χ1) is 18.8. The number of likely N-dealkylation sites (tertiary alicyclic amines) is 1. The summed E-state index contributed by atoms with van der Waals surface area (Å²) in [6.07, 6.45) is 3.25. The van der Waals surface area contributed by atoms with Crippen molar-refractivity contribution in [2.45, 2.75) is 19.9 Å². The number of Topliss-reactive ketones (excluding diaryl/α,β-unsaturated/α-hetero) is 1. The molecule has 2 fully saturated rings. The third-order valence-electron chi connectivity index (χ3n) is 7.56. The fourth-order valence-corrected chi connectivity index (χ4v) is 5.80. The molecule has 3 aromatic rings. The minimum Gasteiger partial charge on any atom is -0.353 e. The van der Waals surface area contributed by atoms with Crippen molar-refractivity contribution in [1.29, 1.82) is 5.26 Å². The molecule has 0 unspecified atom stereocenters. The maximum atomic E-state index is 13.8. The number of amides is 2. The number of pyridine rings is 1. The number of ketones is 1. The Bertz CT molecular complexity index is 1490. The summed E-state index contributed by atoms with van der Waals surface area (Å²) in [7, 11) is 0. The quantitative estimate of drug-likeness (QED) is 0.391. The van der Waals surface area contributed by atoms with Crippen LogP contribution in [0.1, 0.15) is 28.0 Å². The van der Waals surface area contributed by atoms with Gasteiger partial charge < -0.3 is 19.3 Å². The molecule has 39 heavy (non-hydrogen) atoms. The van der Waals surface area contributed by atoms with E-state index >= 15 is 0 Å². The number of hydrogen-bond acceptors (Lipinski definition) is 6. The molecular weight excluding hydrogens is 560 g/mol. The number of piperazine rings is 1. The summed E-state index contributed by atoms with van der Waals surface area (Å²) >= 11 is 3.54. The largest absolute Gasteiger partial charge is 0.353 e. The van der Waals surface area contributed by atoms with Gasteiger partial charge in [-0.1, -0.05) is 22.5 Å². The van der Waals surface area contributed by atoms with E-state index < -0.39 is 0 Å². The van der Waals surface area contributed by atoms with Gasteiger partial charge in [-0.3, -0.25) is 14.4 Å². The van der Waals surface area contributed by atoms with Gasteiger partial charge in [-0.15, -0.1) is 0 Å².